The van der Waals surface area contributed by atoms with E-state index in [0.717, 1.165) is 16.9 Å². The predicted molar refractivity (Wildman–Crippen MR) is 76.2 cm³/mol. The van der Waals surface area contributed by atoms with Crippen molar-refractivity contribution >= 4 is 11.4 Å². The summed E-state index contributed by atoms with van der Waals surface area (Å²) in [6, 6.07) is 14.0. The average Bonchev–Trinajstić information content (AvgIpc) is 2.46. The first-order chi connectivity index (χ1) is 9.13. The summed E-state index contributed by atoms with van der Waals surface area (Å²) in [6.45, 7) is 1.94. The molecular weight excluding hydrogens is 241 g/mol. The molecule has 0 aromatic heterocycles. The van der Waals surface area contributed by atoms with Crippen molar-refractivity contribution in [3.63, 3.8) is 0 Å². The van der Waals surface area contributed by atoms with Crippen LogP contribution in [0.2, 0.25) is 0 Å². The first-order valence-electron chi connectivity index (χ1n) is 6.39. The topological polar surface area (TPSA) is 23.5 Å². The molecule has 0 amide bonds. The molecule has 0 aliphatic heterocycles. The molecule has 3 heteroatoms. The van der Waals surface area contributed by atoms with Gasteiger partial charge in [0.1, 0.15) is 5.82 Å². The average molecular weight is 259 g/mol. The summed E-state index contributed by atoms with van der Waals surface area (Å²) in [7, 11) is 1.91. The second-order valence-electron chi connectivity index (χ2n) is 4.52. The Bertz CT molecular complexity index is 539. The Kier molecular flexibility index (Phi) is 4.17. The monoisotopic (exact) mass is 259 g/mol. The minimum atomic E-state index is -0.487. The minimum absolute atomic E-state index is 0.251. The lowest BCUT2D eigenvalue weighted by Gasteiger charge is -2.24. The summed E-state index contributed by atoms with van der Waals surface area (Å²) in [5.74, 6) is -0.251. The van der Waals surface area contributed by atoms with E-state index in [0.29, 0.717) is 6.42 Å². The number of aliphatic hydroxyl groups excluding tert-OH is 1. The van der Waals surface area contributed by atoms with Crippen molar-refractivity contribution in [1.29, 1.82) is 0 Å². The fraction of sp³-hybridized carbons (Fsp3) is 0.250. The molecule has 100 valence electrons. The molecular formula is C16H18FNO. The van der Waals surface area contributed by atoms with Crippen LogP contribution in [-0.2, 0) is 0 Å². The Morgan fingerprint density at radius 3 is 2.37 bits per heavy atom. The zero-order valence-electron chi connectivity index (χ0n) is 11.2. The summed E-state index contributed by atoms with van der Waals surface area (Å²) >= 11 is 0. The molecule has 0 radical (unpaired) electrons. The Balaban J connectivity index is 2.38. The highest BCUT2D eigenvalue weighted by molar-refractivity contribution is 5.66. The third kappa shape index (κ3) is 2.93. The van der Waals surface area contributed by atoms with Gasteiger partial charge in [0.05, 0.1) is 6.10 Å². The highest BCUT2D eigenvalue weighted by atomic mass is 19.1. The summed E-state index contributed by atoms with van der Waals surface area (Å²) in [4.78, 5) is 1.95. The molecule has 2 rings (SSSR count). The van der Waals surface area contributed by atoms with Gasteiger partial charge in [0.2, 0.25) is 0 Å². The Hall–Kier alpha value is -1.87. The second kappa shape index (κ2) is 5.85. The van der Waals surface area contributed by atoms with Gasteiger partial charge in [-0.1, -0.05) is 25.1 Å². The van der Waals surface area contributed by atoms with Crippen LogP contribution in [0.1, 0.15) is 25.0 Å². The quantitative estimate of drug-likeness (QED) is 0.895. The first-order valence-corrected chi connectivity index (χ1v) is 6.39. The molecule has 0 bridgehead atoms. The molecule has 0 aliphatic rings. The minimum Gasteiger partial charge on any atom is -0.388 e. The van der Waals surface area contributed by atoms with E-state index in [1.165, 1.54) is 12.1 Å². The van der Waals surface area contributed by atoms with Crippen LogP contribution in [0.15, 0.2) is 48.5 Å². The van der Waals surface area contributed by atoms with E-state index < -0.39 is 6.10 Å². The maximum atomic E-state index is 13.0. The highest BCUT2D eigenvalue weighted by Crippen LogP contribution is 2.31. The standard InChI is InChI=1S/C16H18FNO/c1-3-16(19)14-6-4-5-7-15(14)18(2)13-10-8-12(17)9-11-13/h4-11,16,19H,3H2,1-2H3/t16-/m1/s1. The van der Waals surface area contributed by atoms with Crippen molar-refractivity contribution in [3.05, 3.63) is 59.9 Å². The number of nitrogens with zero attached hydrogens (tertiary/aromatic N) is 1. The van der Waals surface area contributed by atoms with Crippen LogP contribution >= 0.6 is 0 Å². The van der Waals surface area contributed by atoms with Gasteiger partial charge in [0, 0.05) is 24.0 Å². The van der Waals surface area contributed by atoms with Gasteiger partial charge in [0.25, 0.3) is 0 Å². The maximum Gasteiger partial charge on any atom is 0.123 e. The molecule has 0 saturated carbocycles. The number of para-hydroxylation sites is 1. The predicted octanol–water partition coefficient (Wildman–Crippen LogP) is 4.04. The van der Waals surface area contributed by atoms with Crippen molar-refractivity contribution in [3.8, 4) is 0 Å². The fourth-order valence-electron chi connectivity index (χ4n) is 2.10. The lowest BCUT2D eigenvalue weighted by atomic mass is 10.0. The van der Waals surface area contributed by atoms with Crippen LogP contribution in [0.3, 0.4) is 0 Å². The van der Waals surface area contributed by atoms with E-state index in [2.05, 4.69) is 0 Å². The zero-order valence-corrected chi connectivity index (χ0v) is 11.2. The van der Waals surface area contributed by atoms with Crippen molar-refractivity contribution in [2.75, 3.05) is 11.9 Å². The van der Waals surface area contributed by atoms with Gasteiger partial charge in [0.15, 0.2) is 0 Å². The van der Waals surface area contributed by atoms with Crippen LogP contribution < -0.4 is 4.90 Å². The van der Waals surface area contributed by atoms with E-state index >= 15 is 0 Å². The number of rotatable bonds is 4. The Morgan fingerprint density at radius 2 is 1.74 bits per heavy atom. The number of hydrogen-bond acceptors (Lipinski definition) is 2. The summed E-state index contributed by atoms with van der Waals surface area (Å²) in [6.07, 6.45) is 0.174. The van der Waals surface area contributed by atoms with Gasteiger partial charge in [-0.25, -0.2) is 4.39 Å². The van der Waals surface area contributed by atoms with E-state index in [-0.39, 0.29) is 5.82 Å². The number of halogens is 1. The van der Waals surface area contributed by atoms with Crippen molar-refractivity contribution in [1.82, 2.24) is 0 Å². The lowest BCUT2D eigenvalue weighted by molar-refractivity contribution is 0.174. The molecule has 0 heterocycles. The molecule has 0 unspecified atom stereocenters. The SMILES string of the molecule is CC[C@@H](O)c1ccccc1N(C)c1ccc(F)cc1. The Morgan fingerprint density at radius 1 is 1.11 bits per heavy atom. The first kappa shape index (κ1) is 13.6. The lowest BCUT2D eigenvalue weighted by Crippen LogP contribution is -2.13. The van der Waals surface area contributed by atoms with Gasteiger partial charge in [-0.2, -0.15) is 0 Å². The molecule has 0 spiro atoms. The van der Waals surface area contributed by atoms with Crippen LogP contribution in [0.4, 0.5) is 15.8 Å². The molecule has 0 saturated heterocycles. The third-order valence-corrected chi connectivity index (χ3v) is 3.26. The van der Waals surface area contributed by atoms with Gasteiger partial charge in [-0.15, -0.1) is 0 Å². The molecule has 2 nitrogen and oxygen atoms in total. The van der Waals surface area contributed by atoms with E-state index in [1.807, 2.05) is 43.1 Å². The van der Waals surface area contributed by atoms with Crippen LogP contribution in [0.5, 0.6) is 0 Å². The van der Waals surface area contributed by atoms with Crippen LogP contribution in [0.25, 0.3) is 0 Å². The number of aliphatic hydroxyl groups is 1. The van der Waals surface area contributed by atoms with E-state index in [1.54, 1.807) is 12.1 Å². The summed E-state index contributed by atoms with van der Waals surface area (Å²) < 4.78 is 13.0. The molecule has 1 atom stereocenters. The van der Waals surface area contributed by atoms with E-state index in [9.17, 15) is 9.50 Å². The number of hydrogen-bond donors (Lipinski definition) is 1. The molecule has 19 heavy (non-hydrogen) atoms. The van der Waals surface area contributed by atoms with Crippen molar-refractivity contribution < 1.29 is 9.50 Å². The normalized spacial score (nSPS) is 12.2. The Labute approximate surface area is 113 Å². The third-order valence-electron chi connectivity index (χ3n) is 3.26. The van der Waals surface area contributed by atoms with Gasteiger partial charge >= 0.3 is 0 Å². The van der Waals surface area contributed by atoms with E-state index in [4.69, 9.17) is 0 Å². The summed E-state index contributed by atoms with van der Waals surface area (Å²) in [5, 5.41) is 10.1. The molecule has 2 aromatic rings. The van der Waals surface area contributed by atoms with Crippen molar-refractivity contribution in [2.45, 2.75) is 19.4 Å². The van der Waals surface area contributed by atoms with Gasteiger partial charge < -0.3 is 10.0 Å². The van der Waals surface area contributed by atoms with Crippen LogP contribution in [-0.4, -0.2) is 12.2 Å². The molecule has 1 N–H and O–H groups in total. The molecule has 2 aromatic carbocycles. The summed E-state index contributed by atoms with van der Waals surface area (Å²) in [5.41, 5.74) is 2.71. The highest BCUT2D eigenvalue weighted by Gasteiger charge is 2.14. The van der Waals surface area contributed by atoms with Gasteiger partial charge in [-0.05, 0) is 36.8 Å². The van der Waals surface area contributed by atoms with Crippen molar-refractivity contribution in [2.24, 2.45) is 0 Å². The number of benzene rings is 2. The smallest absolute Gasteiger partial charge is 0.123 e. The molecule has 0 aliphatic carbocycles. The fourth-order valence-corrected chi connectivity index (χ4v) is 2.10. The van der Waals surface area contributed by atoms with Gasteiger partial charge in [-0.3, -0.25) is 0 Å². The van der Waals surface area contributed by atoms with Crippen LogP contribution in [0, 0.1) is 5.82 Å². The maximum absolute atomic E-state index is 13.0. The number of anilines is 2. The zero-order chi connectivity index (χ0) is 13.8. The molecule has 0 fully saturated rings. The largest absolute Gasteiger partial charge is 0.388 e. The second-order valence-corrected chi connectivity index (χ2v) is 4.52.